The largest absolute Gasteiger partial charge is 0.453 e. The van der Waals surface area contributed by atoms with Crippen LogP contribution in [-0.2, 0) is 9.31 Å². The molecule has 0 atom stereocenters. The van der Waals surface area contributed by atoms with E-state index in [2.05, 4.69) is 0 Å². The zero-order chi connectivity index (χ0) is 5.11. The van der Waals surface area contributed by atoms with Crippen molar-refractivity contribution in [1.82, 2.24) is 0 Å². The van der Waals surface area contributed by atoms with Gasteiger partial charge in [-0.15, -0.1) is 0 Å². The normalized spacial score (nSPS) is 19.9. The fraction of sp³-hybridized carbons (Fsp3) is 1.00. The minimum absolute atomic E-state index is 0. The van der Waals surface area contributed by atoms with Crippen molar-refractivity contribution in [3.8, 4) is 0 Å². The Bertz CT molecular complexity index is 52.4. The van der Waals surface area contributed by atoms with Crippen LogP contribution in [0.2, 0.25) is 6.82 Å². The SMILES string of the molecule is C.CB1OCCCO1. The maximum atomic E-state index is 5.06. The molecule has 0 aromatic heterocycles. The molecule has 0 saturated carbocycles. The first-order chi connectivity index (χ1) is 3.39. The van der Waals surface area contributed by atoms with Crippen LogP contribution in [0.3, 0.4) is 0 Å². The smallest absolute Gasteiger partial charge is 0.411 e. The predicted octanol–water partition coefficient (Wildman–Crippen LogP) is 1.18. The van der Waals surface area contributed by atoms with Crippen LogP contribution in [0.5, 0.6) is 0 Å². The van der Waals surface area contributed by atoms with E-state index >= 15 is 0 Å². The van der Waals surface area contributed by atoms with Crippen molar-refractivity contribution < 1.29 is 9.31 Å². The Morgan fingerprint density at radius 2 is 1.75 bits per heavy atom. The first-order valence-corrected chi connectivity index (χ1v) is 2.63. The van der Waals surface area contributed by atoms with Crippen LogP contribution in [0.1, 0.15) is 13.8 Å². The van der Waals surface area contributed by atoms with Crippen LogP contribution in [0.4, 0.5) is 0 Å². The average molecular weight is 116 g/mol. The van der Waals surface area contributed by atoms with Gasteiger partial charge in [-0.25, -0.2) is 0 Å². The van der Waals surface area contributed by atoms with Gasteiger partial charge in [-0.1, -0.05) is 7.43 Å². The maximum Gasteiger partial charge on any atom is 0.453 e. The van der Waals surface area contributed by atoms with Crippen LogP contribution in [0.25, 0.3) is 0 Å². The summed E-state index contributed by atoms with van der Waals surface area (Å²) in [6.45, 7) is 3.64. The molecule has 48 valence electrons. The molecular formula is C5H13BO2. The Morgan fingerprint density at radius 1 is 1.25 bits per heavy atom. The van der Waals surface area contributed by atoms with Crippen molar-refractivity contribution in [3.63, 3.8) is 0 Å². The van der Waals surface area contributed by atoms with E-state index in [0.29, 0.717) is 0 Å². The Hall–Kier alpha value is -0.0151. The molecule has 0 aromatic rings. The van der Waals surface area contributed by atoms with Gasteiger partial charge in [-0.2, -0.15) is 0 Å². The number of hydrogen-bond donors (Lipinski definition) is 0. The first kappa shape index (κ1) is 7.98. The molecular weight excluding hydrogens is 103 g/mol. The summed E-state index contributed by atoms with van der Waals surface area (Å²) in [5, 5.41) is 0. The van der Waals surface area contributed by atoms with Gasteiger partial charge in [0.2, 0.25) is 0 Å². The van der Waals surface area contributed by atoms with E-state index in [-0.39, 0.29) is 14.5 Å². The van der Waals surface area contributed by atoms with E-state index in [0.717, 1.165) is 19.6 Å². The average Bonchev–Trinajstić information content (AvgIpc) is 1.69. The van der Waals surface area contributed by atoms with E-state index in [1.165, 1.54) is 0 Å². The van der Waals surface area contributed by atoms with Gasteiger partial charge in [0.15, 0.2) is 0 Å². The van der Waals surface area contributed by atoms with Crippen LogP contribution in [-0.4, -0.2) is 20.3 Å². The minimum Gasteiger partial charge on any atom is -0.411 e. The highest BCUT2D eigenvalue weighted by atomic mass is 16.6. The van der Waals surface area contributed by atoms with Crippen molar-refractivity contribution in [2.24, 2.45) is 0 Å². The molecule has 0 aliphatic carbocycles. The molecule has 3 heteroatoms. The molecule has 1 heterocycles. The summed E-state index contributed by atoms with van der Waals surface area (Å²) in [4.78, 5) is 0. The highest BCUT2D eigenvalue weighted by Gasteiger charge is 2.12. The summed E-state index contributed by atoms with van der Waals surface area (Å²) >= 11 is 0. The third-order valence-electron chi connectivity index (χ3n) is 0.994. The second-order valence-corrected chi connectivity index (χ2v) is 1.66. The van der Waals surface area contributed by atoms with Crippen LogP contribution >= 0.6 is 0 Å². The molecule has 1 rings (SSSR count). The van der Waals surface area contributed by atoms with Gasteiger partial charge >= 0.3 is 7.12 Å². The summed E-state index contributed by atoms with van der Waals surface area (Å²) < 4.78 is 10.1. The molecule has 8 heavy (non-hydrogen) atoms. The minimum atomic E-state index is 0. The third kappa shape index (κ3) is 2.33. The molecule has 1 fully saturated rings. The second kappa shape index (κ2) is 3.92. The molecule has 2 nitrogen and oxygen atoms in total. The lowest BCUT2D eigenvalue weighted by molar-refractivity contribution is 0.138. The first-order valence-electron chi connectivity index (χ1n) is 2.63. The molecule has 1 aliphatic rings. The molecule has 0 unspecified atom stereocenters. The van der Waals surface area contributed by atoms with E-state index in [9.17, 15) is 0 Å². The highest BCUT2D eigenvalue weighted by Crippen LogP contribution is 1.98. The van der Waals surface area contributed by atoms with E-state index in [1.54, 1.807) is 0 Å². The number of rotatable bonds is 0. The lowest BCUT2D eigenvalue weighted by Gasteiger charge is -2.15. The molecule has 1 saturated heterocycles. The molecule has 0 aromatic carbocycles. The summed E-state index contributed by atoms with van der Waals surface area (Å²) in [6.07, 6.45) is 1.05. The fourth-order valence-corrected chi connectivity index (χ4v) is 0.606. The molecule has 0 spiro atoms. The summed E-state index contributed by atoms with van der Waals surface area (Å²) in [7, 11) is 0.0359. The Labute approximate surface area is 51.3 Å². The van der Waals surface area contributed by atoms with Gasteiger partial charge in [0.05, 0.1) is 0 Å². The van der Waals surface area contributed by atoms with Crippen molar-refractivity contribution >= 4 is 7.12 Å². The van der Waals surface area contributed by atoms with Crippen LogP contribution in [0.15, 0.2) is 0 Å². The zero-order valence-electron chi connectivity index (χ0n) is 4.52. The molecule has 1 aliphatic heterocycles. The lowest BCUT2D eigenvalue weighted by Crippen LogP contribution is -2.25. The van der Waals surface area contributed by atoms with Crippen molar-refractivity contribution in [3.05, 3.63) is 0 Å². The molecule has 0 bridgehead atoms. The quantitative estimate of drug-likeness (QED) is 0.442. The van der Waals surface area contributed by atoms with Gasteiger partial charge in [0, 0.05) is 13.2 Å². The fourth-order valence-electron chi connectivity index (χ4n) is 0.606. The van der Waals surface area contributed by atoms with E-state index in [4.69, 9.17) is 9.31 Å². The Balaban J connectivity index is 0.000000490. The van der Waals surface area contributed by atoms with Gasteiger partial charge in [-0.3, -0.25) is 0 Å². The lowest BCUT2D eigenvalue weighted by atomic mass is 9.94. The second-order valence-electron chi connectivity index (χ2n) is 1.66. The van der Waals surface area contributed by atoms with Gasteiger partial charge in [0.25, 0.3) is 0 Å². The van der Waals surface area contributed by atoms with Gasteiger partial charge in [0.1, 0.15) is 0 Å². The van der Waals surface area contributed by atoms with Crippen molar-refractivity contribution in [2.75, 3.05) is 13.2 Å². The standard InChI is InChI=1S/C4H9BO2.CH4/c1-5-6-3-2-4-7-5;/h2-4H2,1H3;1H4. The van der Waals surface area contributed by atoms with Crippen molar-refractivity contribution in [1.29, 1.82) is 0 Å². The summed E-state index contributed by atoms with van der Waals surface area (Å²) in [5.41, 5.74) is 0. The van der Waals surface area contributed by atoms with Gasteiger partial charge < -0.3 is 9.31 Å². The van der Waals surface area contributed by atoms with E-state index < -0.39 is 0 Å². The van der Waals surface area contributed by atoms with E-state index in [1.807, 2.05) is 6.82 Å². The summed E-state index contributed by atoms with van der Waals surface area (Å²) in [5.74, 6) is 0. The monoisotopic (exact) mass is 116 g/mol. The Kier molecular flexibility index (Phi) is 3.92. The van der Waals surface area contributed by atoms with Crippen molar-refractivity contribution in [2.45, 2.75) is 20.7 Å². The van der Waals surface area contributed by atoms with Crippen LogP contribution in [0, 0.1) is 0 Å². The zero-order valence-corrected chi connectivity index (χ0v) is 4.52. The third-order valence-corrected chi connectivity index (χ3v) is 0.994. The molecule has 0 amide bonds. The van der Waals surface area contributed by atoms with Gasteiger partial charge in [-0.05, 0) is 13.2 Å². The summed E-state index contributed by atoms with van der Waals surface area (Å²) in [6, 6.07) is 0. The molecule has 0 N–H and O–H groups in total. The Morgan fingerprint density at radius 3 is 2.00 bits per heavy atom. The number of hydrogen-bond acceptors (Lipinski definition) is 2. The van der Waals surface area contributed by atoms with Crippen LogP contribution < -0.4 is 0 Å². The molecule has 0 radical (unpaired) electrons. The maximum absolute atomic E-state index is 5.06. The topological polar surface area (TPSA) is 18.5 Å². The predicted molar refractivity (Wildman–Crippen MR) is 34.9 cm³/mol. The highest BCUT2D eigenvalue weighted by molar-refractivity contribution is 6.42.